The molecule has 0 fully saturated rings. The van der Waals surface area contributed by atoms with Crippen LogP contribution in [0, 0.1) is 11.6 Å². The number of halogens is 2. The fourth-order valence-electron chi connectivity index (χ4n) is 2.82. The summed E-state index contributed by atoms with van der Waals surface area (Å²) in [5.41, 5.74) is 1.54. The Morgan fingerprint density at radius 3 is 1.41 bits per heavy atom. The lowest BCUT2D eigenvalue weighted by Crippen LogP contribution is -1.96. The predicted octanol–water partition coefficient (Wildman–Crippen LogP) is 3.34. The van der Waals surface area contributed by atoms with Crippen LogP contribution in [0.25, 0.3) is 21.5 Å². The molecule has 0 amide bonds. The van der Waals surface area contributed by atoms with E-state index in [0.717, 1.165) is 11.1 Å². The van der Waals surface area contributed by atoms with Gasteiger partial charge in [0.2, 0.25) is 0 Å². The summed E-state index contributed by atoms with van der Waals surface area (Å²) in [5.74, 6) is -1.74. The lowest BCUT2D eigenvalue weighted by molar-refractivity contribution is 0.299. The van der Waals surface area contributed by atoms with Crippen molar-refractivity contribution in [3.8, 4) is 0 Å². The molecule has 0 spiro atoms. The molecule has 0 saturated heterocycles. The van der Waals surface area contributed by atoms with Gasteiger partial charge in [0.05, 0.1) is 0 Å². The minimum Gasteiger partial charge on any atom is -0.396 e. The number of hydrogen-bond acceptors (Lipinski definition) is 2. The second-order valence-electron chi connectivity index (χ2n) is 5.34. The van der Waals surface area contributed by atoms with Crippen LogP contribution >= 0.6 is 0 Å². The highest BCUT2D eigenvalue weighted by Crippen LogP contribution is 2.32. The first-order chi connectivity index (χ1) is 10.7. The predicted molar refractivity (Wildman–Crippen MR) is 82.9 cm³/mol. The Bertz CT molecular complexity index is 773. The van der Waals surface area contributed by atoms with E-state index in [-0.39, 0.29) is 24.0 Å². The van der Waals surface area contributed by atoms with Gasteiger partial charge in [-0.3, -0.25) is 0 Å². The maximum atomic E-state index is 14.4. The average Bonchev–Trinajstić information content (AvgIpc) is 2.53. The van der Waals surface area contributed by atoms with Gasteiger partial charge in [0.1, 0.15) is 0 Å². The van der Waals surface area contributed by atoms with Crippen LogP contribution in [0.2, 0.25) is 0 Å². The number of hydrogen-bond donors (Lipinski definition) is 2. The molecule has 0 aliphatic heterocycles. The van der Waals surface area contributed by atoms with Crippen LogP contribution in [0.15, 0.2) is 36.4 Å². The Morgan fingerprint density at radius 2 is 1.05 bits per heavy atom. The maximum absolute atomic E-state index is 14.4. The standard InChI is InChI=1S/C18H16F2O2/c19-17-15-9-11(5-7-21)1-3-13(15)14-4-2-12(6-8-22)10-16(14)18(17)20/h1-4,9-10,21-22H,5-8H2. The molecule has 22 heavy (non-hydrogen) atoms. The van der Waals surface area contributed by atoms with Crippen molar-refractivity contribution < 1.29 is 19.0 Å². The zero-order valence-corrected chi connectivity index (χ0v) is 11.9. The smallest absolute Gasteiger partial charge is 0.167 e. The number of aliphatic hydroxyl groups is 2. The highest BCUT2D eigenvalue weighted by Gasteiger charge is 2.15. The number of fused-ring (bicyclic) bond motifs is 3. The molecule has 0 radical (unpaired) electrons. The SMILES string of the molecule is OCCc1ccc2c(c1)c(F)c(F)c1cc(CCO)ccc12. The van der Waals surface area contributed by atoms with Crippen molar-refractivity contribution in [2.75, 3.05) is 13.2 Å². The molecule has 3 aromatic rings. The topological polar surface area (TPSA) is 40.5 Å². The average molecular weight is 302 g/mol. The lowest BCUT2D eigenvalue weighted by atomic mass is 9.96. The Morgan fingerprint density at radius 1 is 0.636 bits per heavy atom. The first-order valence-corrected chi connectivity index (χ1v) is 7.19. The van der Waals surface area contributed by atoms with Gasteiger partial charge in [-0.15, -0.1) is 0 Å². The normalized spacial score (nSPS) is 11.5. The number of rotatable bonds is 4. The molecule has 2 N–H and O–H groups in total. The molecular formula is C18H16F2O2. The van der Waals surface area contributed by atoms with Crippen LogP contribution in [0.4, 0.5) is 8.78 Å². The van der Waals surface area contributed by atoms with E-state index in [9.17, 15) is 8.78 Å². The van der Waals surface area contributed by atoms with Crippen molar-refractivity contribution in [3.05, 3.63) is 59.2 Å². The molecule has 0 atom stereocenters. The summed E-state index contributed by atoms with van der Waals surface area (Å²) in [6.45, 7) is -0.0680. The summed E-state index contributed by atoms with van der Waals surface area (Å²) < 4.78 is 28.8. The fraction of sp³-hybridized carbons (Fsp3) is 0.222. The van der Waals surface area contributed by atoms with Gasteiger partial charge in [-0.05, 0) is 46.9 Å². The molecule has 0 aromatic heterocycles. The van der Waals surface area contributed by atoms with E-state index in [2.05, 4.69) is 0 Å². The van der Waals surface area contributed by atoms with E-state index in [1.165, 1.54) is 0 Å². The van der Waals surface area contributed by atoms with Crippen LogP contribution in [0.3, 0.4) is 0 Å². The fourth-order valence-corrected chi connectivity index (χ4v) is 2.82. The van der Waals surface area contributed by atoms with Gasteiger partial charge >= 0.3 is 0 Å². The molecule has 0 heterocycles. The van der Waals surface area contributed by atoms with Crippen LogP contribution in [0.5, 0.6) is 0 Å². The molecule has 0 aliphatic rings. The van der Waals surface area contributed by atoms with E-state index in [1.54, 1.807) is 24.3 Å². The minimum atomic E-state index is -0.872. The lowest BCUT2D eigenvalue weighted by Gasteiger charge is -2.10. The van der Waals surface area contributed by atoms with Crippen molar-refractivity contribution in [2.45, 2.75) is 12.8 Å². The largest absolute Gasteiger partial charge is 0.396 e. The highest BCUT2D eigenvalue weighted by atomic mass is 19.2. The summed E-state index contributed by atoms with van der Waals surface area (Å²) in [4.78, 5) is 0. The monoisotopic (exact) mass is 302 g/mol. The summed E-state index contributed by atoms with van der Waals surface area (Å²) in [6.07, 6.45) is 0.814. The van der Waals surface area contributed by atoms with E-state index >= 15 is 0 Å². The zero-order valence-electron chi connectivity index (χ0n) is 11.9. The molecular weight excluding hydrogens is 286 g/mol. The van der Waals surface area contributed by atoms with Crippen LogP contribution in [0.1, 0.15) is 11.1 Å². The van der Waals surface area contributed by atoms with Gasteiger partial charge in [-0.1, -0.05) is 24.3 Å². The molecule has 3 aromatic carbocycles. The Kier molecular flexibility index (Phi) is 4.05. The first-order valence-electron chi connectivity index (χ1n) is 7.19. The zero-order chi connectivity index (χ0) is 15.7. The third-order valence-electron chi connectivity index (χ3n) is 3.92. The Hall–Kier alpha value is -2.04. The summed E-state index contributed by atoms with van der Waals surface area (Å²) in [5, 5.41) is 19.7. The second kappa shape index (κ2) is 5.99. The molecule has 2 nitrogen and oxygen atoms in total. The molecule has 4 heteroatoms. The molecule has 3 rings (SSSR count). The van der Waals surface area contributed by atoms with Gasteiger partial charge < -0.3 is 10.2 Å². The third-order valence-corrected chi connectivity index (χ3v) is 3.92. The number of aliphatic hydroxyl groups excluding tert-OH is 2. The summed E-state index contributed by atoms with van der Waals surface area (Å²) in [7, 11) is 0. The van der Waals surface area contributed by atoms with Crippen LogP contribution in [-0.2, 0) is 12.8 Å². The van der Waals surface area contributed by atoms with E-state index < -0.39 is 11.6 Å². The van der Waals surface area contributed by atoms with Gasteiger partial charge in [0.15, 0.2) is 11.6 Å². The van der Waals surface area contributed by atoms with Crippen molar-refractivity contribution in [1.29, 1.82) is 0 Å². The first kappa shape index (κ1) is 14.9. The van der Waals surface area contributed by atoms with Crippen LogP contribution < -0.4 is 0 Å². The third kappa shape index (κ3) is 2.45. The van der Waals surface area contributed by atoms with Crippen LogP contribution in [-0.4, -0.2) is 23.4 Å². The summed E-state index contributed by atoms with van der Waals surface area (Å²) >= 11 is 0. The molecule has 0 unspecified atom stereocenters. The van der Waals surface area contributed by atoms with Gasteiger partial charge in [0, 0.05) is 24.0 Å². The molecule has 114 valence electrons. The Balaban J connectivity index is 2.31. The van der Waals surface area contributed by atoms with Gasteiger partial charge in [-0.2, -0.15) is 0 Å². The second-order valence-corrected chi connectivity index (χ2v) is 5.34. The van der Waals surface area contributed by atoms with Gasteiger partial charge in [-0.25, -0.2) is 8.78 Å². The van der Waals surface area contributed by atoms with Crippen molar-refractivity contribution in [3.63, 3.8) is 0 Å². The van der Waals surface area contributed by atoms with E-state index in [1.807, 2.05) is 12.1 Å². The van der Waals surface area contributed by atoms with E-state index in [0.29, 0.717) is 23.6 Å². The molecule has 0 saturated carbocycles. The summed E-state index contributed by atoms with van der Waals surface area (Å²) in [6, 6.07) is 10.3. The molecule has 0 aliphatic carbocycles. The van der Waals surface area contributed by atoms with Crippen molar-refractivity contribution in [2.24, 2.45) is 0 Å². The van der Waals surface area contributed by atoms with Gasteiger partial charge in [0.25, 0.3) is 0 Å². The maximum Gasteiger partial charge on any atom is 0.167 e. The minimum absolute atomic E-state index is 0.0340. The van der Waals surface area contributed by atoms with E-state index in [4.69, 9.17) is 10.2 Å². The quantitative estimate of drug-likeness (QED) is 0.726. The highest BCUT2D eigenvalue weighted by molar-refractivity contribution is 6.08. The van der Waals surface area contributed by atoms with Crippen molar-refractivity contribution >= 4 is 21.5 Å². The van der Waals surface area contributed by atoms with Crippen molar-refractivity contribution in [1.82, 2.24) is 0 Å². The Labute approximate surface area is 126 Å². The molecule has 0 bridgehead atoms. The number of benzene rings is 3.